The number of ether oxygens (including phenoxy) is 3. The summed E-state index contributed by atoms with van der Waals surface area (Å²) in [7, 11) is 0. The van der Waals surface area contributed by atoms with Crippen molar-refractivity contribution in [3.63, 3.8) is 0 Å². The van der Waals surface area contributed by atoms with Crippen LogP contribution in [0.2, 0.25) is 0 Å². The van der Waals surface area contributed by atoms with Gasteiger partial charge in [-0.05, 0) is 73.4 Å². The van der Waals surface area contributed by atoms with Gasteiger partial charge in [0.05, 0.1) is 47.6 Å². The lowest BCUT2D eigenvalue weighted by Crippen LogP contribution is -2.27. The Labute approximate surface area is 421 Å². The lowest BCUT2D eigenvalue weighted by atomic mass is 10.0. The molecule has 2 aliphatic heterocycles. The van der Waals surface area contributed by atoms with Crippen LogP contribution in [0.5, 0.6) is 0 Å². The van der Waals surface area contributed by atoms with Crippen LogP contribution in [-0.4, -0.2) is 59.3 Å². The molecule has 4 aromatic rings. The number of esters is 3. The monoisotopic (exact) mass is 975 g/mol. The van der Waals surface area contributed by atoms with Crippen LogP contribution in [0.1, 0.15) is 146 Å². The number of allylic oxidation sites excluding steroid dienone is 2. The van der Waals surface area contributed by atoms with Gasteiger partial charge >= 0.3 is 17.9 Å². The molecule has 0 fully saturated rings. The van der Waals surface area contributed by atoms with E-state index in [0.29, 0.717) is 66.6 Å². The Morgan fingerprint density at radius 1 is 0.569 bits per heavy atom. The molecule has 15 heteroatoms. The molecule has 2 aromatic carbocycles. The average Bonchev–Trinajstić information content (AvgIpc) is 3.39. The van der Waals surface area contributed by atoms with E-state index in [1.807, 2.05) is 12.1 Å². The SMILES string of the molecule is CCCCC(CC)COC(=O)/C(C#N)=c1\ccnc2cc3/c(=C(\C#N)C(=O)OCC(CC)CCCC)ccnc3cc12.CCCCC(CC)COC(=O)CC#N.O=C1C=CN=c2cc3c(cc21)=NC=CC3=O. The highest BCUT2D eigenvalue weighted by Crippen LogP contribution is 2.19. The summed E-state index contributed by atoms with van der Waals surface area (Å²) in [5, 5.41) is 31.1. The number of nitrogens with zero attached hydrogens (tertiary/aromatic N) is 7. The molecule has 6 rings (SSSR count). The molecule has 15 nitrogen and oxygen atoms in total. The summed E-state index contributed by atoms with van der Waals surface area (Å²) >= 11 is 0. The third-order valence-electron chi connectivity index (χ3n) is 12.5. The summed E-state index contributed by atoms with van der Waals surface area (Å²) in [4.78, 5) is 77.1. The van der Waals surface area contributed by atoms with Gasteiger partial charge in [0.2, 0.25) is 0 Å². The highest BCUT2D eigenvalue weighted by Gasteiger charge is 2.20. The van der Waals surface area contributed by atoms with E-state index < -0.39 is 17.9 Å². The smallest absolute Gasteiger partial charge is 0.349 e. The summed E-state index contributed by atoms with van der Waals surface area (Å²) < 4.78 is 16.1. The van der Waals surface area contributed by atoms with Crippen molar-refractivity contribution in [2.75, 3.05) is 19.8 Å². The number of ketones is 2. The van der Waals surface area contributed by atoms with Gasteiger partial charge in [-0.1, -0.05) is 99.3 Å². The summed E-state index contributed by atoms with van der Waals surface area (Å²) in [6.45, 7) is 13.6. The number of nitriles is 3. The standard InChI is InChI=1S/C34H40N4O4.C12H6N2O2.C11H19NO2/c1-5-9-11-23(7-3)21-41-33(39)29(19-35)25-13-15-37-31-18-28-26(14-16-38-32(28)17-27(25)31)30(20-36)34(40)42-22-24(8-4)12-10-6-2;15-11-1-3-13-9-6-8-10(5-7(9)11)14-4-2-12(8)16;1-3-5-6-10(4-2)9-14-11(13)7-8-12/h13-18,23-24H,5-12,21-22H2,1-4H3;1-6H;10H,3-7,9H2,1-2H3/b29-25+,30-26+;;. The van der Waals surface area contributed by atoms with E-state index >= 15 is 0 Å². The minimum Gasteiger partial charge on any atom is -0.465 e. The van der Waals surface area contributed by atoms with Crippen molar-refractivity contribution in [3.05, 3.63) is 106 Å². The zero-order valence-corrected chi connectivity index (χ0v) is 42.4. The number of aromatic nitrogens is 2. The summed E-state index contributed by atoms with van der Waals surface area (Å²) in [5.74, 6) is -1.01. The van der Waals surface area contributed by atoms with Gasteiger partial charge in [-0.3, -0.25) is 34.3 Å². The first kappa shape index (κ1) is 56.9. The first-order valence-electron chi connectivity index (χ1n) is 25.0. The summed E-state index contributed by atoms with van der Waals surface area (Å²) in [6.07, 6.45) is 21.0. The van der Waals surface area contributed by atoms with Crippen LogP contribution in [0.3, 0.4) is 0 Å². The fraction of sp³-hybridized carbons (Fsp3) is 0.439. The van der Waals surface area contributed by atoms with E-state index in [4.69, 9.17) is 19.5 Å². The fourth-order valence-electron chi connectivity index (χ4n) is 7.94. The maximum Gasteiger partial charge on any atom is 0.349 e. The van der Waals surface area contributed by atoms with E-state index in [9.17, 15) is 34.5 Å². The molecule has 2 aromatic heterocycles. The van der Waals surface area contributed by atoms with Crippen molar-refractivity contribution < 1.29 is 38.2 Å². The minimum atomic E-state index is -0.672. The van der Waals surface area contributed by atoms with Gasteiger partial charge in [0.15, 0.2) is 11.6 Å². The minimum absolute atomic E-state index is 0.106. The first-order chi connectivity index (χ1) is 34.9. The quantitative estimate of drug-likeness (QED) is 0.0432. The molecular formula is C57H65N7O8. The molecule has 0 bridgehead atoms. The largest absolute Gasteiger partial charge is 0.465 e. The first-order valence-corrected chi connectivity index (χ1v) is 25.0. The number of pyridine rings is 2. The molecule has 0 aliphatic carbocycles. The topological polar surface area (TPSA) is 235 Å². The molecule has 4 heterocycles. The second-order valence-corrected chi connectivity index (χ2v) is 17.5. The van der Waals surface area contributed by atoms with E-state index in [1.165, 1.54) is 49.8 Å². The number of fused-ring (bicyclic) bond motifs is 4. The normalized spacial score (nSPS) is 14.0. The van der Waals surface area contributed by atoms with Crippen molar-refractivity contribution in [2.24, 2.45) is 27.7 Å². The van der Waals surface area contributed by atoms with E-state index in [1.54, 1.807) is 42.5 Å². The van der Waals surface area contributed by atoms with Crippen LogP contribution in [0.25, 0.3) is 33.0 Å². The van der Waals surface area contributed by atoms with Crippen LogP contribution in [0, 0.1) is 51.7 Å². The van der Waals surface area contributed by atoms with Crippen molar-refractivity contribution >= 4 is 62.4 Å². The molecule has 0 radical (unpaired) electrons. The maximum atomic E-state index is 13.0. The Balaban J connectivity index is 0.000000302. The third-order valence-corrected chi connectivity index (χ3v) is 12.5. The molecule has 3 unspecified atom stereocenters. The van der Waals surface area contributed by atoms with Gasteiger partial charge in [0, 0.05) is 69.3 Å². The number of unbranched alkanes of at least 4 members (excludes halogenated alkanes) is 3. The van der Waals surface area contributed by atoms with Crippen LogP contribution < -0.4 is 21.2 Å². The molecule has 0 N–H and O–H groups in total. The van der Waals surface area contributed by atoms with Crippen molar-refractivity contribution in [2.45, 2.75) is 125 Å². The molecule has 2 aliphatic rings. The predicted octanol–water partition coefficient (Wildman–Crippen LogP) is 8.66. The Morgan fingerprint density at radius 3 is 1.31 bits per heavy atom. The maximum absolute atomic E-state index is 13.0. The van der Waals surface area contributed by atoms with Gasteiger partial charge in [0.25, 0.3) is 0 Å². The van der Waals surface area contributed by atoms with Crippen LogP contribution >= 0.6 is 0 Å². The highest BCUT2D eigenvalue weighted by molar-refractivity contribution is 6.18. The lowest BCUT2D eigenvalue weighted by Gasteiger charge is -2.14. The van der Waals surface area contributed by atoms with Crippen molar-refractivity contribution in [1.82, 2.24) is 9.97 Å². The van der Waals surface area contributed by atoms with E-state index in [2.05, 4.69) is 61.5 Å². The Morgan fingerprint density at radius 2 is 0.958 bits per heavy atom. The second kappa shape index (κ2) is 30.1. The number of rotatable bonds is 21. The van der Waals surface area contributed by atoms with Gasteiger partial charge in [0.1, 0.15) is 29.7 Å². The van der Waals surface area contributed by atoms with Crippen LogP contribution in [0.15, 0.2) is 83.3 Å². The third kappa shape index (κ3) is 16.2. The molecule has 72 heavy (non-hydrogen) atoms. The zero-order valence-electron chi connectivity index (χ0n) is 42.4. The highest BCUT2D eigenvalue weighted by atomic mass is 16.5. The molecule has 0 saturated heterocycles. The number of benzene rings is 2. The Kier molecular flexibility index (Phi) is 23.8. The molecule has 0 amide bonds. The van der Waals surface area contributed by atoms with Gasteiger partial charge in [-0.15, -0.1) is 0 Å². The summed E-state index contributed by atoms with van der Waals surface area (Å²) in [6, 6.07) is 15.7. The van der Waals surface area contributed by atoms with Gasteiger partial charge < -0.3 is 14.2 Å². The molecule has 3 atom stereocenters. The molecular weight excluding hydrogens is 911 g/mol. The van der Waals surface area contributed by atoms with Crippen molar-refractivity contribution in [1.29, 1.82) is 15.8 Å². The van der Waals surface area contributed by atoms with E-state index in [0.717, 1.165) is 64.2 Å². The Bertz CT molecular complexity index is 2870. The number of carbonyl (C=O) groups is 5. The molecule has 0 spiro atoms. The fourth-order valence-corrected chi connectivity index (χ4v) is 7.94. The van der Waals surface area contributed by atoms with E-state index in [-0.39, 0.29) is 54.2 Å². The zero-order chi connectivity index (χ0) is 52.4. The van der Waals surface area contributed by atoms with Crippen molar-refractivity contribution in [3.8, 4) is 18.2 Å². The lowest BCUT2D eigenvalue weighted by molar-refractivity contribution is -0.144. The second-order valence-electron chi connectivity index (χ2n) is 17.5. The predicted molar refractivity (Wildman–Crippen MR) is 273 cm³/mol. The molecule has 0 saturated carbocycles. The van der Waals surface area contributed by atoms with Gasteiger partial charge in [-0.25, -0.2) is 9.59 Å². The Hall–Kier alpha value is -7.70. The number of hydrogen-bond donors (Lipinski definition) is 0. The van der Waals surface area contributed by atoms with Gasteiger partial charge in [-0.2, -0.15) is 15.8 Å². The number of hydrogen-bond acceptors (Lipinski definition) is 15. The molecule has 376 valence electrons. The van der Waals surface area contributed by atoms with Crippen LogP contribution in [0.4, 0.5) is 0 Å². The number of carbonyl (C=O) groups excluding carboxylic acids is 5. The summed E-state index contributed by atoms with van der Waals surface area (Å²) in [5.41, 5.74) is 1.75. The van der Waals surface area contributed by atoms with Crippen LogP contribution in [-0.2, 0) is 28.6 Å². The average molecular weight is 976 g/mol.